The van der Waals surface area contributed by atoms with E-state index in [1.54, 1.807) is 26.0 Å². The van der Waals surface area contributed by atoms with Gasteiger partial charge in [0.1, 0.15) is 17.5 Å². The summed E-state index contributed by atoms with van der Waals surface area (Å²) >= 11 is 2.33. The third kappa shape index (κ3) is 2.63. The van der Waals surface area contributed by atoms with Crippen molar-refractivity contribution in [1.29, 1.82) is 0 Å². The maximum Gasteiger partial charge on any atom is 0.327 e. The van der Waals surface area contributed by atoms with E-state index in [-0.39, 0.29) is 0 Å². The number of fused-ring (bicyclic) bond motifs is 1. The predicted octanol–water partition coefficient (Wildman–Crippen LogP) is 0.985. The summed E-state index contributed by atoms with van der Waals surface area (Å²) < 4.78 is 14.3. The highest BCUT2D eigenvalue weighted by Gasteiger charge is 2.73. The standard InChI is InChI=1S/C15H18FN3O4S2/c1-6-4-5-7(24-6)8(17)10(20)18-15(16)12(23)19-9(11(21)22)14(2,3)25-13(15)19/h4-5,8-9,13H,17H2,1-3H3,(H,18,20)(H,21,22)/t8?,9-,13+,15-/m0/s1. The smallest absolute Gasteiger partial charge is 0.327 e. The molecule has 2 saturated heterocycles. The molecule has 0 radical (unpaired) electrons. The summed E-state index contributed by atoms with van der Waals surface area (Å²) in [6.07, 6.45) is 0. The summed E-state index contributed by atoms with van der Waals surface area (Å²) in [5, 5.41) is 10.3. The lowest BCUT2D eigenvalue weighted by Gasteiger charge is -2.47. The van der Waals surface area contributed by atoms with Gasteiger partial charge >= 0.3 is 5.97 Å². The lowest BCUT2D eigenvalue weighted by Crippen LogP contribution is -2.77. The minimum atomic E-state index is -2.65. The number of carboxylic acids is 1. The summed E-state index contributed by atoms with van der Waals surface area (Å²) in [7, 11) is 0. The second kappa shape index (κ2) is 5.68. The van der Waals surface area contributed by atoms with Crippen LogP contribution in [0.25, 0.3) is 0 Å². The molecule has 3 rings (SSSR count). The van der Waals surface area contributed by atoms with E-state index in [2.05, 4.69) is 5.32 Å². The molecule has 1 aromatic heterocycles. The van der Waals surface area contributed by atoms with Crippen LogP contribution in [-0.2, 0) is 14.4 Å². The van der Waals surface area contributed by atoms with E-state index in [1.165, 1.54) is 11.3 Å². The summed E-state index contributed by atoms with van der Waals surface area (Å²) in [6.45, 7) is 5.11. The van der Waals surface area contributed by atoms with Crippen molar-refractivity contribution in [2.75, 3.05) is 0 Å². The van der Waals surface area contributed by atoms with E-state index < -0.39 is 45.8 Å². The van der Waals surface area contributed by atoms with Gasteiger partial charge in [0.25, 0.3) is 11.7 Å². The Morgan fingerprint density at radius 3 is 2.60 bits per heavy atom. The van der Waals surface area contributed by atoms with Gasteiger partial charge in [-0.25, -0.2) is 9.18 Å². The minimum absolute atomic E-state index is 0.560. The molecule has 0 saturated carbocycles. The van der Waals surface area contributed by atoms with E-state index in [0.717, 1.165) is 21.5 Å². The highest BCUT2D eigenvalue weighted by atomic mass is 32.2. The second-order valence-electron chi connectivity index (χ2n) is 6.65. The monoisotopic (exact) mass is 387 g/mol. The third-order valence-corrected chi connectivity index (χ3v) is 7.07. The van der Waals surface area contributed by atoms with Gasteiger partial charge in [0.2, 0.25) is 5.91 Å². The van der Waals surface area contributed by atoms with Gasteiger partial charge in [0, 0.05) is 14.5 Å². The van der Waals surface area contributed by atoms with Crippen LogP contribution >= 0.6 is 23.1 Å². The molecule has 2 amide bonds. The molecule has 4 N–H and O–H groups in total. The first-order valence-corrected chi connectivity index (χ1v) is 9.25. The number of carbonyl (C=O) groups is 3. The zero-order chi connectivity index (χ0) is 18.7. The van der Waals surface area contributed by atoms with Crippen molar-refractivity contribution in [3.05, 3.63) is 21.9 Å². The van der Waals surface area contributed by atoms with Crippen LogP contribution in [0.3, 0.4) is 0 Å². The van der Waals surface area contributed by atoms with Crippen molar-refractivity contribution < 1.29 is 23.9 Å². The Kier molecular flexibility index (Phi) is 4.12. The zero-order valence-electron chi connectivity index (χ0n) is 13.8. The Labute approximate surface area is 151 Å². The van der Waals surface area contributed by atoms with Crippen LogP contribution in [-0.4, -0.2) is 49.7 Å². The maximum atomic E-state index is 15.2. The van der Waals surface area contributed by atoms with Crippen molar-refractivity contribution >= 4 is 40.9 Å². The average Bonchev–Trinajstić information content (AvgIpc) is 3.05. The molecule has 136 valence electrons. The number of alkyl halides is 1. The molecule has 0 aliphatic carbocycles. The number of aliphatic carboxylic acids is 1. The number of nitrogens with one attached hydrogen (secondary N) is 1. The fourth-order valence-electron chi connectivity index (χ4n) is 3.14. The Bertz CT molecular complexity index is 768. The largest absolute Gasteiger partial charge is 0.480 e. The number of carboxylic acid groups (broad SMARTS) is 1. The molecular formula is C15H18FN3O4S2. The number of β-lactam (4-membered cyclic amide) rings is 1. The van der Waals surface area contributed by atoms with E-state index in [1.807, 2.05) is 6.92 Å². The number of nitrogens with two attached hydrogens (primary N) is 1. The quantitative estimate of drug-likeness (QED) is 0.524. The number of hydrogen-bond donors (Lipinski definition) is 3. The molecular weight excluding hydrogens is 369 g/mol. The highest BCUT2D eigenvalue weighted by molar-refractivity contribution is 8.01. The highest BCUT2D eigenvalue weighted by Crippen LogP contribution is 2.55. The van der Waals surface area contributed by atoms with Crippen molar-refractivity contribution in [3.63, 3.8) is 0 Å². The Morgan fingerprint density at radius 1 is 1.44 bits per heavy atom. The normalized spacial score (nSPS) is 31.2. The topological polar surface area (TPSA) is 113 Å². The van der Waals surface area contributed by atoms with Gasteiger partial charge in [-0.3, -0.25) is 9.59 Å². The number of nitrogens with zero attached hydrogens (tertiary/aromatic N) is 1. The van der Waals surface area contributed by atoms with Gasteiger partial charge in [0.05, 0.1) is 0 Å². The van der Waals surface area contributed by atoms with E-state index >= 15 is 4.39 Å². The van der Waals surface area contributed by atoms with Gasteiger partial charge in [-0.2, -0.15) is 0 Å². The molecule has 2 aliphatic rings. The van der Waals surface area contributed by atoms with Crippen molar-refractivity contribution in [2.24, 2.45) is 5.73 Å². The maximum absolute atomic E-state index is 15.2. The number of carbonyl (C=O) groups excluding carboxylic acids is 2. The molecule has 1 unspecified atom stereocenters. The second-order valence-corrected chi connectivity index (χ2v) is 9.71. The summed E-state index contributed by atoms with van der Waals surface area (Å²) in [5.41, 5.74) is 5.86. The molecule has 3 heterocycles. The van der Waals surface area contributed by atoms with Gasteiger partial charge in [-0.15, -0.1) is 23.1 Å². The van der Waals surface area contributed by atoms with E-state index in [9.17, 15) is 19.5 Å². The molecule has 25 heavy (non-hydrogen) atoms. The molecule has 0 spiro atoms. The van der Waals surface area contributed by atoms with Crippen LogP contribution in [0.5, 0.6) is 0 Å². The number of amides is 2. The van der Waals surface area contributed by atoms with Crippen molar-refractivity contribution in [3.8, 4) is 0 Å². The molecule has 4 atom stereocenters. The molecule has 0 aromatic carbocycles. The van der Waals surface area contributed by atoms with Crippen molar-refractivity contribution in [1.82, 2.24) is 10.2 Å². The van der Waals surface area contributed by atoms with Crippen LogP contribution in [0.2, 0.25) is 0 Å². The van der Waals surface area contributed by atoms with Gasteiger partial charge in [0.15, 0.2) is 0 Å². The molecule has 2 fully saturated rings. The number of hydrogen-bond acceptors (Lipinski definition) is 6. The van der Waals surface area contributed by atoms with Gasteiger partial charge < -0.3 is 21.1 Å². The first-order valence-electron chi connectivity index (χ1n) is 7.55. The summed E-state index contributed by atoms with van der Waals surface area (Å²) in [6, 6.07) is 1.23. The van der Waals surface area contributed by atoms with Crippen LogP contribution in [0.15, 0.2) is 12.1 Å². The number of thioether (sulfide) groups is 1. The molecule has 10 heteroatoms. The predicted molar refractivity (Wildman–Crippen MR) is 91.7 cm³/mol. The van der Waals surface area contributed by atoms with E-state index in [0.29, 0.717) is 4.88 Å². The fourth-order valence-corrected chi connectivity index (χ4v) is 5.59. The lowest BCUT2D eigenvalue weighted by molar-refractivity contribution is -0.182. The first-order chi connectivity index (χ1) is 11.5. The van der Waals surface area contributed by atoms with Crippen LogP contribution in [0, 0.1) is 6.92 Å². The van der Waals surface area contributed by atoms with E-state index in [4.69, 9.17) is 5.73 Å². The summed E-state index contributed by atoms with van der Waals surface area (Å²) in [4.78, 5) is 38.5. The lowest BCUT2D eigenvalue weighted by atomic mass is 9.94. The van der Waals surface area contributed by atoms with Crippen LogP contribution in [0.4, 0.5) is 4.39 Å². The van der Waals surface area contributed by atoms with Gasteiger partial charge in [-0.05, 0) is 32.9 Å². The Morgan fingerprint density at radius 2 is 2.08 bits per heavy atom. The molecule has 1 aromatic rings. The van der Waals surface area contributed by atoms with Gasteiger partial charge in [-0.1, -0.05) is 0 Å². The Hall–Kier alpha value is -1.65. The minimum Gasteiger partial charge on any atom is -0.480 e. The number of rotatable bonds is 4. The number of aryl methyl sites for hydroxylation is 1. The Balaban J connectivity index is 1.79. The molecule has 7 nitrogen and oxygen atoms in total. The summed E-state index contributed by atoms with van der Waals surface area (Å²) in [5.74, 6) is -5.71. The molecule has 0 bridgehead atoms. The number of halogens is 1. The zero-order valence-corrected chi connectivity index (χ0v) is 15.4. The van der Waals surface area contributed by atoms with Crippen LogP contribution in [0.1, 0.15) is 29.6 Å². The van der Waals surface area contributed by atoms with Crippen molar-refractivity contribution in [2.45, 2.75) is 48.8 Å². The SMILES string of the molecule is Cc1ccc(C(N)C(=O)N[C@@]2(F)C(=O)N3[C@@H](C(=O)O)C(C)(C)S[C@@H]32)s1. The van der Waals surface area contributed by atoms with Crippen LogP contribution < -0.4 is 11.1 Å². The number of thiophene rings is 1. The fraction of sp³-hybridized carbons (Fsp3) is 0.533. The third-order valence-electron chi connectivity index (χ3n) is 4.38. The first kappa shape index (κ1) is 18.2. The molecule has 2 aliphatic heterocycles. The average molecular weight is 387 g/mol.